The van der Waals surface area contributed by atoms with E-state index < -0.39 is 0 Å². The zero-order chi connectivity index (χ0) is 20.5. The van der Waals surface area contributed by atoms with E-state index in [2.05, 4.69) is 31.3 Å². The van der Waals surface area contributed by atoms with Gasteiger partial charge in [0.1, 0.15) is 15.7 Å². The summed E-state index contributed by atoms with van der Waals surface area (Å²) in [4.78, 5) is 17.7. The molecule has 0 radical (unpaired) electrons. The van der Waals surface area contributed by atoms with Crippen molar-refractivity contribution in [1.82, 2.24) is 14.8 Å². The zero-order valence-electron chi connectivity index (χ0n) is 15.5. The van der Waals surface area contributed by atoms with Gasteiger partial charge in [-0.05, 0) is 29.8 Å². The number of benzene rings is 2. The van der Waals surface area contributed by atoms with Gasteiger partial charge in [-0.3, -0.25) is 4.79 Å². The SMILES string of the molecule is O=C(Nc1ccnn1Cc1ccccc1Br)c1cnc(-c2ccc3c(c2)OCO3)s1. The van der Waals surface area contributed by atoms with Crippen molar-refractivity contribution in [3.8, 4) is 22.1 Å². The highest BCUT2D eigenvalue weighted by Gasteiger charge is 2.18. The molecule has 0 spiro atoms. The maximum Gasteiger partial charge on any atom is 0.268 e. The van der Waals surface area contributed by atoms with Crippen LogP contribution in [0.5, 0.6) is 11.5 Å². The molecule has 9 heteroatoms. The first-order chi connectivity index (χ1) is 14.7. The van der Waals surface area contributed by atoms with Crippen molar-refractivity contribution < 1.29 is 14.3 Å². The number of rotatable bonds is 5. The molecule has 3 heterocycles. The molecule has 0 saturated heterocycles. The Labute approximate surface area is 184 Å². The van der Waals surface area contributed by atoms with Crippen LogP contribution in [-0.2, 0) is 6.54 Å². The molecule has 2 aromatic carbocycles. The van der Waals surface area contributed by atoms with Gasteiger partial charge < -0.3 is 14.8 Å². The minimum absolute atomic E-state index is 0.220. The Morgan fingerprint density at radius 2 is 2.03 bits per heavy atom. The molecule has 0 aliphatic carbocycles. The number of anilines is 1. The lowest BCUT2D eigenvalue weighted by atomic mass is 10.2. The normalized spacial score (nSPS) is 12.2. The number of ether oxygens (including phenoxy) is 2. The summed E-state index contributed by atoms with van der Waals surface area (Å²) >= 11 is 4.86. The molecule has 1 amide bonds. The monoisotopic (exact) mass is 482 g/mol. The molecular weight excluding hydrogens is 468 g/mol. The fourth-order valence-electron chi connectivity index (χ4n) is 3.07. The lowest BCUT2D eigenvalue weighted by Crippen LogP contribution is -2.15. The van der Waals surface area contributed by atoms with E-state index in [-0.39, 0.29) is 12.7 Å². The van der Waals surface area contributed by atoms with Crippen molar-refractivity contribution >= 4 is 39.0 Å². The number of halogens is 1. The quantitative estimate of drug-likeness (QED) is 0.442. The van der Waals surface area contributed by atoms with Crippen LogP contribution >= 0.6 is 27.3 Å². The van der Waals surface area contributed by atoms with Crippen molar-refractivity contribution in [2.75, 3.05) is 12.1 Å². The number of amides is 1. The third-order valence-corrected chi connectivity index (χ3v) is 6.40. The smallest absolute Gasteiger partial charge is 0.268 e. The minimum atomic E-state index is -0.228. The van der Waals surface area contributed by atoms with Crippen LogP contribution in [0.4, 0.5) is 5.82 Å². The summed E-state index contributed by atoms with van der Waals surface area (Å²) in [6, 6.07) is 15.3. The molecule has 0 atom stereocenters. The Kier molecular flexibility index (Phi) is 4.97. The summed E-state index contributed by atoms with van der Waals surface area (Å²) in [6.07, 6.45) is 3.24. The molecule has 1 aliphatic heterocycles. The van der Waals surface area contributed by atoms with Gasteiger partial charge in [0, 0.05) is 16.1 Å². The average Bonchev–Trinajstić information content (AvgIpc) is 3.50. The van der Waals surface area contributed by atoms with Crippen molar-refractivity contribution in [3.05, 3.63) is 75.8 Å². The van der Waals surface area contributed by atoms with E-state index in [1.54, 1.807) is 23.1 Å². The van der Waals surface area contributed by atoms with Crippen LogP contribution < -0.4 is 14.8 Å². The van der Waals surface area contributed by atoms with Crippen LogP contribution in [0, 0.1) is 0 Å². The molecule has 4 aromatic rings. The van der Waals surface area contributed by atoms with Crippen LogP contribution in [0.3, 0.4) is 0 Å². The van der Waals surface area contributed by atoms with E-state index in [0.29, 0.717) is 28.7 Å². The fourth-order valence-corrected chi connectivity index (χ4v) is 4.29. The summed E-state index contributed by atoms with van der Waals surface area (Å²) in [6.45, 7) is 0.757. The fraction of sp³-hybridized carbons (Fsp3) is 0.0952. The van der Waals surface area contributed by atoms with Gasteiger partial charge in [0.2, 0.25) is 6.79 Å². The van der Waals surface area contributed by atoms with E-state index in [4.69, 9.17) is 9.47 Å². The Morgan fingerprint density at radius 3 is 2.93 bits per heavy atom. The largest absolute Gasteiger partial charge is 0.454 e. The molecule has 0 unspecified atom stereocenters. The van der Waals surface area contributed by atoms with Gasteiger partial charge in [-0.15, -0.1) is 11.3 Å². The molecule has 0 fully saturated rings. The number of fused-ring (bicyclic) bond motifs is 1. The molecule has 0 bridgehead atoms. The number of nitrogens with one attached hydrogen (secondary N) is 1. The van der Waals surface area contributed by atoms with Crippen molar-refractivity contribution in [2.45, 2.75) is 6.54 Å². The predicted molar refractivity (Wildman–Crippen MR) is 117 cm³/mol. The van der Waals surface area contributed by atoms with Gasteiger partial charge in [0.25, 0.3) is 5.91 Å². The van der Waals surface area contributed by atoms with Gasteiger partial charge >= 0.3 is 0 Å². The average molecular weight is 483 g/mol. The third-order valence-electron chi connectivity index (χ3n) is 4.59. The summed E-state index contributed by atoms with van der Waals surface area (Å²) in [5, 5.41) is 7.99. The van der Waals surface area contributed by atoms with E-state index in [0.717, 1.165) is 20.6 Å². The molecule has 150 valence electrons. The van der Waals surface area contributed by atoms with Gasteiger partial charge in [-0.2, -0.15) is 5.10 Å². The molecule has 30 heavy (non-hydrogen) atoms. The zero-order valence-corrected chi connectivity index (χ0v) is 17.9. The number of hydrogen-bond donors (Lipinski definition) is 1. The van der Waals surface area contributed by atoms with Crippen LogP contribution in [0.15, 0.2) is 65.4 Å². The molecule has 1 aliphatic rings. The minimum Gasteiger partial charge on any atom is -0.454 e. The van der Waals surface area contributed by atoms with Gasteiger partial charge in [-0.25, -0.2) is 9.67 Å². The Hall–Kier alpha value is -3.17. The summed E-state index contributed by atoms with van der Waals surface area (Å²) in [7, 11) is 0. The lowest BCUT2D eigenvalue weighted by molar-refractivity contribution is 0.102. The lowest BCUT2D eigenvalue weighted by Gasteiger charge is -2.09. The Balaban J connectivity index is 1.32. The van der Waals surface area contributed by atoms with Crippen molar-refractivity contribution in [1.29, 1.82) is 0 Å². The summed E-state index contributed by atoms with van der Waals surface area (Å²) in [5.41, 5.74) is 1.95. The highest BCUT2D eigenvalue weighted by molar-refractivity contribution is 9.10. The van der Waals surface area contributed by atoms with E-state index >= 15 is 0 Å². The third kappa shape index (κ3) is 3.69. The number of hydrogen-bond acceptors (Lipinski definition) is 6. The Morgan fingerprint density at radius 1 is 1.17 bits per heavy atom. The molecule has 0 saturated carbocycles. The molecule has 7 nitrogen and oxygen atoms in total. The van der Waals surface area contributed by atoms with Gasteiger partial charge in [-0.1, -0.05) is 34.1 Å². The molecule has 5 rings (SSSR count). The van der Waals surface area contributed by atoms with Crippen LogP contribution in [0.1, 0.15) is 15.2 Å². The predicted octanol–water partition coefficient (Wildman–Crippen LogP) is 4.80. The first kappa shape index (κ1) is 18.8. The van der Waals surface area contributed by atoms with E-state index in [1.807, 2.05) is 42.5 Å². The second kappa shape index (κ2) is 7.92. The second-order valence-electron chi connectivity index (χ2n) is 6.52. The number of aromatic nitrogens is 3. The van der Waals surface area contributed by atoms with Gasteiger partial charge in [0.05, 0.1) is 18.9 Å². The van der Waals surface area contributed by atoms with Crippen LogP contribution in [0.2, 0.25) is 0 Å². The van der Waals surface area contributed by atoms with Crippen molar-refractivity contribution in [3.63, 3.8) is 0 Å². The standard InChI is InChI=1S/C21H15BrN4O3S/c22-15-4-2-1-3-14(15)11-26-19(7-8-24-26)25-20(27)18-10-23-21(30-18)13-5-6-16-17(9-13)29-12-28-16/h1-10H,11-12H2,(H,25,27). The van der Waals surface area contributed by atoms with Crippen LogP contribution in [-0.4, -0.2) is 27.5 Å². The summed E-state index contributed by atoms with van der Waals surface area (Å²) in [5.74, 6) is 1.79. The number of thiazole rings is 1. The van der Waals surface area contributed by atoms with Gasteiger partial charge in [0.15, 0.2) is 11.5 Å². The second-order valence-corrected chi connectivity index (χ2v) is 8.40. The molecule has 1 N–H and O–H groups in total. The van der Waals surface area contributed by atoms with E-state index in [1.165, 1.54) is 11.3 Å². The molecule has 2 aromatic heterocycles. The number of nitrogens with zero attached hydrogens (tertiary/aromatic N) is 3. The topological polar surface area (TPSA) is 78.3 Å². The molecular formula is C21H15BrN4O3S. The van der Waals surface area contributed by atoms with E-state index in [9.17, 15) is 4.79 Å². The first-order valence-corrected chi connectivity index (χ1v) is 10.7. The number of carbonyl (C=O) groups excluding carboxylic acids is 1. The van der Waals surface area contributed by atoms with Crippen molar-refractivity contribution in [2.24, 2.45) is 0 Å². The Bertz CT molecular complexity index is 1240. The highest BCUT2D eigenvalue weighted by atomic mass is 79.9. The number of carbonyl (C=O) groups is 1. The maximum atomic E-state index is 12.8. The first-order valence-electron chi connectivity index (χ1n) is 9.10. The van der Waals surface area contributed by atoms with Crippen LogP contribution in [0.25, 0.3) is 10.6 Å². The maximum absolute atomic E-state index is 12.8. The summed E-state index contributed by atoms with van der Waals surface area (Å²) < 4.78 is 13.5. The highest BCUT2D eigenvalue weighted by Crippen LogP contribution is 2.37.